The zero-order valence-electron chi connectivity index (χ0n) is 26.0. The number of hydrogen-bond acceptors (Lipinski definition) is 8. The van der Waals surface area contributed by atoms with E-state index in [4.69, 9.17) is 4.74 Å². The number of carbonyl (C=O) groups excluding carboxylic acids is 3. The standard InChI is InChI=1S/C33H36N4O6S/c1-17-8-13-21-23(14-17)44-29(26(21)27(39)19-9-11-20(12-10-19)33(3,4)5)35-24(38)16-43-31(41)22-15-18(2)25-28(34-22)36(6)32(42)37(7)30(25)40/h9-12,15,17H,8,13-14,16H2,1-7H3,(H,35,38). The lowest BCUT2D eigenvalue weighted by Crippen LogP contribution is -2.37. The maximum Gasteiger partial charge on any atom is 0.357 e. The second kappa shape index (κ2) is 11.6. The van der Waals surface area contributed by atoms with Gasteiger partial charge in [0.05, 0.1) is 10.9 Å². The first-order chi connectivity index (χ1) is 20.7. The number of benzene rings is 1. The van der Waals surface area contributed by atoms with Crippen molar-refractivity contribution >= 4 is 45.0 Å². The second-order valence-electron chi connectivity index (χ2n) is 12.6. The molecule has 3 aromatic heterocycles. The molecule has 4 aromatic rings. The summed E-state index contributed by atoms with van der Waals surface area (Å²) in [6.07, 6.45) is 2.53. The molecule has 1 atom stereocenters. The Morgan fingerprint density at radius 2 is 1.77 bits per heavy atom. The van der Waals surface area contributed by atoms with E-state index in [0.717, 1.165) is 39.8 Å². The van der Waals surface area contributed by atoms with Crippen LogP contribution < -0.4 is 16.6 Å². The number of ether oxygens (including phenoxy) is 1. The molecule has 0 saturated heterocycles. The van der Waals surface area contributed by atoms with E-state index in [9.17, 15) is 24.0 Å². The second-order valence-corrected chi connectivity index (χ2v) is 13.7. The minimum Gasteiger partial charge on any atom is -0.451 e. The van der Waals surface area contributed by atoms with Gasteiger partial charge in [0.1, 0.15) is 5.00 Å². The predicted molar refractivity (Wildman–Crippen MR) is 170 cm³/mol. The van der Waals surface area contributed by atoms with Crippen molar-refractivity contribution in [2.24, 2.45) is 20.0 Å². The van der Waals surface area contributed by atoms with E-state index in [0.29, 0.717) is 27.6 Å². The highest BCUT2D eigenvalue weighted by atomic mass is 32.1. The van der Waals surface area contributed by atoms with Gasteiger partial charge >= 0.3 is 11.7 Å². The Kier molecular flexibility index (Phi) is 8.19. The van der Waals surface area contributed by atoms with E-state index >= 15 is 0 Å². The summed E-state index contributed by atoms with van der Waals surface area (Å²) in [5, 5.41) is 3.48. The van der Waals surface area contributed by atoms with Crippen LogP contribution >= 0.6 is 11.3 Å². The normalized spacial score (nSPS) is 14.8. The molecule has 0 radical (unpaired) electrons. The SMILES string of the molecule is Cc1cc(C(=O)OCC(=O)Nc2sc3c(c2C(=O)c2ccc(C(C)(C)C)cc2)CCC(C)C3)nc2c1c(=O)n(C)c(=O)n2C. The third-order valence-electron chi connectivity index (χ3n) is 8.16. The van der Waals surface area contributed by atoms with E-state index < -0.39 is 29.7 Å². The van der Waals surface area contributed by atoms with Gasteiger partial charge in [0, 0.05) is 24.5 Å². The molecule has 1 amide bonds. The van der Waals surface area contributed by atoms with Crippen LogP contribution in [0.25, 0.3) is 11.0 Å². The number of aromatic nitrogens is 3. The van der Waals surface area contributed by atoms with Gasteiger partial charge in [-0.25, -0.2) is 14.6 Å². The summed E-state index contributed by atoms with van der Waals surface area (Å²) in [7, 11) is 2.83. The molecule has 0 fully saturated rings. The first-order valence-corrected chi connectivity index (χ1v) is 15.3. The summed E-state index contributed by atoms with van der Waals surface area (Å²) in [4.78, 5) is 70.1. The molecule has 3 heterocycles. The summed E-state index contributed by atoms with van der Waals surface area (Å²) >= 11 is 1.39. The van der Waals surface area contributed by atoms with Crippen LogP contribution in [0, 0.1) is 12.8 Å². The minimum absolute atomic E-state index is 0.0478. The summed E-state index contributed by atoms with van der Waals surface area (Å²) in [6, 6.07) is 8.98. The largest absolute Gasteiger partial charge is 0.451 e. The number of aryl methyl sites for hydroxylation is 2. The number of ketones is 1. The van der Waals surface area contributed by atoms with Crippen LogP contribution in [0.2, 0.25) is 0 Å². The number of pyridine rings is 1. The number of rotatable bonds is 6. The third-order valence-corrected chi connectivity index (χ3v) is 9.33. The van der Waals surface area contributed by atoms with Crippen LogP contribution in [0.5, 0.6) is 0 Å². The van der Waals surface area contributed by atoms with Gasteiger partial charge in [0.15, 0.2) is 23.7 Å². The van der Waals surface area contributed by atoms with Crippen molar-refractivity contribution < 1.29 is 19.1 Å². The van der Waals surface area contributed by atoms with Crippen LogP contribution in [0.3, 0.4) is 0 Å². The molecule has 1 aliphatic carbocycles. The van der Waals surface area contributed by atoms with E-state index in [1.165, 1.54) is 36.1 Å². The molecule has 230 valence electrons. The maximum atomic E-state index is 13.8. The van der Waals surface area contributed by atoms with E-state index in [1.807, 2.05) is 24.3 Å². The minimum atomic E-state index is -0.882. The topological polar surface area (TPSA) is 129 Å². The zero-order valence-corrected chi connectivity index (χ0v) is 26.8. The number of thiophene rings is 1. The van der Waals surface area contributed by atoms with Crippen molar-refractivity contribution in [1.29, 1.82) is 0 Å². The van der Waals surface area contributed by atoms with Crippen LogP contribution in [-0.2, 0) is 41.9 Å². The summed E-state index contributed by atoms with van der Waals surface area (Å²) in [5.41, 5.74) is 2.33. The van der Waals surface area contributed by atoms with Gasteiger partial charge < -0.3 is 10.1 Å². The predicted octanol–water partition coefficient (Wildman–Crippen LogP) is 4.45. The van der Waals surface area contributed by atoms with Gasteiger partial charge in [-0.15, -0.1) is 11.3 Å². The molecule has 1 aromatic carbocycles. The molecular formula is C33H36N4O6S. The highest BCUT2D eigenvalue weighted by Crippen LogP contribution is 2.41. The third kappa shape index (κ3) is 5.76. The van der Waals surface area contributed by atoms with Crippen LogP contribution in [0.4, 0.5) is 5.00 Å². The number of amides is 1. The smallest absolute Gasteiger partial charge is 0.357 e. The fraction of sp³-hybridized carbons (Fsp3) is 0.394. The fourth-order valence-electron chi connectivity index (χ4n) is 5.55. The molecule has 0 saturated carbocycles. The van der Waals surface area contributed by atoms with Crippen LogP contribution in [0.1, 0.15) is 82.1 Å². The average molecular weight is 617 g/mol. The van der Waals surface area contributed by atoms with Crippen molar-refractivity contribution in [3.63, 3.8) is 0 Å². The number of esters is 1. The Morgan fingerprint density at radius 3 is 2.43 bits per heavy atom. The number of anilines is 1. The van der Waals surface area contributed by atoms with Gasteiger partial charge in [0.2, 0.25) is 0 Å². The van der Waals surface area contributed by atoms with Crippen molar-refractivity contribution in [2.75, 3.05) is 11.9 Å². The number of carbonyl (C=O) groups is 3. The highest BCUT2D eigenvalue weighted by Gasteiger charge is 2.29. The van der Waals surface area contributed by atoms with Crippen molar-refractivity contribution in [3.8, 4) is 0 Å². The van der Waals surface area contributed by atoms with Crippen molar-refractivity contribution in [1.82, 2.24) is 14.1 Å². The molecule has 0 aliphatic heterocycles. The van der Waals surface area contributed by atoms with Crippen LogP contribution in [-0.4, -0.2) is 38.4 Å². The Balaban J connectivity index is 1.37. The molecule has 11 heteroatoms. The van der Waals surface area contributed by atoms with Gasteiger partial charge in [-0.2, -0.15) is 0 Å². The van der Waals surface area contributed by atoms with Crippen LogP contribution in [0.15, 0.2) is 39.9 Å². The molecule has 0 bridgehead atoms. The maximum absolute atomic E-state index is 13.8. The summed E-state index contributed by atoms with van der Waals surface area (Å²) < 4.78 is 7.43. The Bertz CT molecular complexity index is 1940. The number of fused-ring (bicyclic) bond motifs is 2. The lowest BCUT2D eigenvalue weighted by atomic mass is 9.85. The molecule has 0 spiro atoms. The summed E-state index contributed by atoms with van der Waals surface area (Å²) in [5.74, 6) is -1.16. The lowest BCUT2D eigenvalue weighted by Gasteiger charge is -2.20. The Morgan fingerprint density at radius 1 is 1.09 bits per heavy atom. The molecule has 10 nitrogen and oxygen atoms in total. The molecule has 5 rings (SSSR count). The van der Waals surface area contributed by atoms with Gasteiger partial charge in [0.25, 0.3) is 11.5 Å². The monoisotopic (exact) mass is 616 g/mol. The zero-order chi connectivity index (χ0) is 32.1. The van der Waals surface area contributed by atoms with Crippen molar-refractivity contribution in [3.05, 3.63) is 89.6 Å². The quantitative estimate of drug-likeness (QED) is 0.250. The Hall–Kier alpha value is -4.38. The molecule has 1 N–H and O–H groups in total. The fourth-order valence-corrected chi connectivity index (χ4v) is 6.97. The van der Waals surface area contributed by atoms with E-state index in [2.05, 4.69) is 38.0 Å². The lowest BCUT2D eigenvalue weighted by molar-refractivity contribution is -0.119. The summed E-state index contributed by atoms with van der Waals surface area (Å²) in [6.45, 7) is 9.53. The molecular weight excluding hydrogens is 580 g/mol. The molecule has 1 unspecified atom stereocenters. The van der Waals surface area contributed by atoms with Gasteiger partial charge in [-0.3, -0.25) is 23.5 Å². The van der Waals surface area contributed by atoms with Gasteiger partial charge in [-0.1, -0.05) is 52.0 Å². The van der Waals surface area contributed by atoms with Gasteiger partial charge in [-0.05, 0) is 60.3 Å². The van der Waals surface area contributed by atoms with E-state index in [1.54, 1.807) is 6.92 Å². The van der Waals surface area contributed by atoms with E-state index in [-0.39, 0.29) is 27.9 Å². The number of hydrogen-bond donors (Lipinski definition) is 1. The average Bonchev–Trinajstić information content (AvgIpc) is 3.32. The molecule has 1 aliphatic rings. The highest BCUT2D eigenvalue weighted by molar-refractivity contribution is 7.17. The molecule has 44 heavy (non-hydrogen) atoms. The number of nitrogens with zero attached hydrogens (tertiary/aromatic N) is 3. The number of nitrogens with one attached hydrogen (secondary N) is 1. The first-order valence-electron chi connectivity index (χ1n) is 14.5. The Labute approximate surface area is 258 Å². The first kappa shape index (κ1) is 31.1. The van der Waals surface area contributed by atoms with Crippen molar-refractivity contribution in [2.45, 2.75) is 59.3 Å².